The summed E-state index contributed by atoms with van der Waals surface area (Å²) < 4.78 is 0. The quantitative estimate of drug-likeness (QED) is 0.758. The van der Waals surface area contributed by atoms with Gasteiger partial charge in [0, 0.05) is 21.3 Å². The van der Waals surface area contributed by atoms with E-state index in [-0.39, 0.29) is 5.75 Å². The number of phenols is 1. The van der Waals surface area contributed by atoms with Crippen LogP contribution in [-0.4, -0.2) is 10.1 Å². The minimum absolute atomic E-state index is 0.260. The van der Waals surface area contributed by atoms with Gasteiger partial charge in [0.25, 0.3) is 0 Å². The van der Waals surface area contributed by atoms with E-state index < -0.39 is 0 Å². The normalized spacial score (nSPS) is 10.8. The van der Waals surface area contributed by atoms with Crippen molar-refractivity contribution in [3.05, 3.63) is 52.3 Å². The average Bonchev–Trinajstić information content (AvgIpc) is 2.82. The minimum Gasteiger partial charge on any atom is -0.508 e. The molecule has 0 unspecified atom stereocenters. The number of nitrogens with one attached hydrogen (secondary N) is 1. The number of aromatic nitrogens is 1. The number of thiophene rings is 1. The molecule has 0 aliphatic rings. The highest BCUT2D eigenvalue weighted by atomic mass is 32.1. The molecule has 3 aromatic rings. The summed E-state index contributed by atoms with van der Waals surface area (Å²) >= 11 is 1.78. The predicted octanol–water partition coefficient (Wildman–Crippen LogP) is 3.92. The molecule has 19 heavy (non-hydrogen) atoms. The number of hydrogen-bond acceptors (Lipinski definition) is 4. The highest BCUT2D eigenvalue weighted by molar-refractivity contribution is 7.11. The Morgan fingerprint density at radius 2 is 2.11 bits per heavy atom. The Kier molecular flexibility index (Phi) is 3.09. The van der Waals surface area contributed by atoms with Gasteiger partial charge in [-0.1, -0.05) is 6.07 Å². The second-order valence-corrected chi connectivity index (χ2v) is 5.80. The first-order valence-electron chi connectivity index (χ1n) is 6.09. The van der Waals surface area contributed by atoms with Crippen LogP contribution in [0.5, 0.6) is 5.75 Å². The highest BCUT2D eigenvalue weighted by Crippen LogP contribution is 2.26. The molecule has 0 bridgehead atoms. The fourth-order valence-electron chi connectivity index (χ4n) is 2.05. The van der Waals surface area contributed by atoms with Gasteiger partial charge in [-0.25, -0.2) is 4.98 Å². The van der Waals surface area contributed by atoms with Crippen molar-refractivity contribution < 1.29 is 5.11 Å². The molecule has 0 atom stereocenters. The molecule has 0 spiro atoms. The molecular formula is C15H14N2OS. The van der Waals surface area contributed by atoms with E-state index in [1.165, 1.54) is 9.75 Å². The third-order valence-corrected chi connectivity index (χ3v) is 3.98. The van der Waals surface area contributed by atoms with Crippen molar-refractivity contribution >= 4 is 27.9 Å². The maximum Gasteiger partial charge on any atom is 0.134 e. The van der Waals surface area contributed by atoms with Crippen LogP contribution in [0, 0.1) is 6.92 Å². The van der Waals surface area contributed by atoms with Gasteiger partial charge in [-0.2, -0.15) is 0 Å². The number of hydrogen-bond donors (Lipinski definition) is 2. The largest absolute Gasteiger partial charge is 0.508 e. The van der Waals surface area contributed by atoms with E-state index in [9.17, 15) is 5.11 Å². The second kappa shape index (κ2) is 4.90. The van der Waals surface area contributed by atoms with Crippen LogP contribution in [0.2, 0.25) is 0 Å². The fraction of sp³-hybridized carbons (Fsp3) is 0.133. The van der Waals surface area contributed by atoms with Crippen LogP contribution >= 0.6 is 11.3 Å². The van der Waals surface area contributed by atoms with Gasteiger partial charge in [-0.15, -0.1) is 11.3 Å². The number of phenolic OH excluding ortho intramolecular Hbond substituents is 1. The molecule has 0 saturated carbocycles. The fourth-order valence-corrected chi connectivity index (χ4v) is 2.88. The Bertz CT molecular complexity index is 721. The summed E-state index contributed by atoms with van der Waals surface area (Å²) in [6.45, 7) is 2.85. The van der Waals surface area contributed by atoms with Crippen molar-refractivity contribution in [1.82, 2.24) is 4.98 Å². The van der Waals surface area contributed by atoms with Gasteiger partial charge in [0.1, 0.15) is 11.6 Å². The molecule has 0 radical (unpaired) electrons. The molecule has 0 fully saturated rings. The monoisotopic (exact) mass is 270 g/mol. The summed E-state index contributed by atoms with van der Waals surface area (Å²) in [6, 6.07) is 11.5. The van der Waals surface area contributed by atoms with Crippen LogP contribution in [0.1, 0.15) is 9.75 Å². The van der Waals surface area contributed by atoms with Crippen molar-refractivity contribution in [1.29, 1.82) is 0 Å². The van der Waals surface area contributed by atoms with Gasteiger partial charge in [0.2, 0.25) is 0 Å². The van der Waals surface area contributed by atoms with Gasteiger partial charge >= 0.3 is 0 Å². The van der Waals surface area contributed by atoms with E-state index in [1.807, 2.05) is 12.1 Å². The number of pyridine rings is 1. The van der Waals surface area contributed by atoms with E-state index in [4.69, 9.17) is 0 Å². The number of rotatable bonds is 3. The van der Waals surface area contributed by atoms with Crippen LogP contribution in [0.15, 0.2) is 42.6 Å². The van der Waals surface area contributed by atoms with Crippen LogP contribution < -0.4 is 5.32 Å². The number of anilines is 1. The number of aryl methyl sites for hydroxylation is 1. The Labute approximate surface area is 115 Å². The zero-order chi connectivity index (χ0) is 13.2. The molecule has 0 amide bonds. The summed E-state index contributed by atoms with van der Waals surface area (Å²) in [5.74, 6) is 1.06. The zero-order valence-corrected chi connectivity index (χ0v) is 11.4. The number of nitrogens with zero attached hydrogens (tertiary/aromatic N) is 1. The molecule has 1 aromatic carbocycles. The Balaban J connectivity index is 1.90. The maximum atomic E-state index is 9.59. The molecule has 2 aromatic heterocycles. The zero-order valence-electron chi connectivity index (χ0n) is 10.6. The SMILES string of the molecule is Cc1ccc(CNc2nccc3ccc(O)cc23)s1. The molecular weight excluding hydrogens is 256 g/mol. The molecule has 96 valence electrons. The first kappa shape index (κ1) is 12.0. The van der Waals surface area contributed by atoms with Crippen molar-refractivity contribution in [3.8, 4) is 5.75 Å². The van der Waals surface area contributed by atoms with Gasteiger partial charge in [-0.3, -0.25) is 0 Å². The van der Waals surface area contributed by atoms with Crippen LogP contribution in [-0.2, 0) is 6.54 Å². The van der Waals surface area contributed by atoms with Crippen molar-refractivity contribution in [2.24, 2.45) is 0 Å². The lowest BCUT2D eigenvalue weighted by Crippen LogP contribution is -2.00. The lowest BCUT2D eigenvalue weighted by Gasteiger charge is -2.08. The molecule has 2 heterocycles. The first-order chi connectivity index (χ1) is 9.22. The molecule has 0 saturated heterocycles. The van der Waals surface area contributed by atoms with E-state index in [1.54, 1.807) is 29.7 Å². The standard InChI is InChI=1S/C15H14N2OS/c1-10-2-5-13(19-10)9-17-15-14-8-12(18)4-3-11(14)6-7-16-15/h2-8,18H,9H2,1H3,(H,16,17). The highest BCUT2D eigenvalue weighted by Gasteiger charge is 2.04. The third kappa shape index (κ3) is 2.53. The van der Waals surface area contributed by atoms with E-state index in [2.05, 4.69) is 29.4 Å². The van der Waals surface area contributed by atoms with Gasteiger partial charge in [-0.05, 0) is 42.6 Å². The van der Waals surface area contributed by atoms with E-state index in [0.29, 0.717) is 0 Å². The molecule has 0 aliphatic heterocycles. The molecule has 0 aliphatic carbocycles. The third-order valence-electron chi connectivity index (χ3n) is 2.98. The summed E-state index contributed by atoms with van der Waals surface area (Å²) in [5, 5.41) is 14.9. The Morgan fingerprint density at radius 1 is 1.21 bits per heavy atom. The predicted molar refractivity (Wildman–Crippen MR) is 79.8 cm³/mol. The number of aromatic hydroxyl groups is 1. The summed E-state index contributed by atoms with van der Waals surface area (Å²) in [4.78, 5) is 6.93. The van der Waals surface area contributed by atoms with Crippen LogP contribution in [0.3, 0.4) is 0 Å². The molecule has 3 nitrogen and oxygen atoms in total. The number of benzene rings is 1. The molecule has 2 N–H and O–H groups in total. The van der Waals surface area contributed by atoms with Crippen molar-refractivity contribution in [2.45, 2.75) is 13.5 Å². The van der Waals surface area contributed by atoms with E-state index >= 15 is 0 Å². The molecule has 4 heteroatoms. The first-order valence-corrected chi connectivity index (χ1v) is 6.91. The smallest absolute Gasteiger partial charge is 0.134 e. The summed E-state index contributed by atoms with van der Waals surface area (Å²) in [5.41, 5.74) is 0. The number of fused-ring (bicyclic) bond motifs is 1. The van der Waals surface area contributed by atoms with Gasteiger partial charge in [0.05, 0.1) is 6.54 Å². The Hall–Kier alpha value is -2.07. The van der Waals surface area contributed by atoms with Crippen LogP contribution in [0.25, 0.3) is 10.8 Å². The van der Waals surface area contributed by atoms with Crippen LogP contribution in [0.4, 0.5) is 5.82 Å². The second-order valence-electron chi connectivity index (χ2n) is 4.43. The maximum absolute atomic E-state index is 9.59. The topological polar surface area (TPSA) is 45.2 Å². The minimum atomic E-state index is 0.260. The lowest BCUT2D eigenvalue weighted by molar-refractivity contribution is 0.476. The average molecular weight is 270 g/mol. The van der Waals surface area contributed by atoms with Crippen molar-refractivity contribution in [2.75, 3.05) is 5.32 Å². The summed E-state index contributed by atoms with van der Waals surface area (Å²) in [6.07, 6.45) is 1.78. The lowest BCUT2D eigenvalue weighted by atomic mass is 10.1. The van der Waals surface area contributed by atoms with Crippen molar-refractivity contribution in [3.63, 3.8) is 0 Å². The Morgan fingerprint density at radius 3 is 2.89 bits per heavy atom. The van der Waals surface area contributed by atoms with E-state index in [0.717, 1.165) is 23.1 Å². The van der Waals surface area contributed by atoms with Gasteiger partial charge in [0.15, 0.2) is 0 Å². The summed E-state index contributed by atoms with van der Waals surface area (Å²) in [7, 11) is 0. The van der Waals surface area contributed by atoms with Gasteiger partial charge < -0.3 is 10.4 Å². The molecule has 3 rings (SSSR count).